The molecule has 0 unspecified atom stereocenters. The third-order valence-corrected chi connectivity index (χ3v) is 5.11. The molecule has 0 saturated carbocycles. The molecule has 0 aliphatic heterocycles. The molecule has 0 saturated heterocycles. The van der Waals surface area contributed by atoms with Crippen molar-refractivity contribution in [3.05, 3.63) is 62.2 Å². The average Bonchev–Trinajstić information content (AvgIpc) is 3.17. The Labute approximate surface area is 139 Å². The van der Waals surface area contributed by atoms with Crippen LogP contribution < -0.4 is 0 Å². The first-order valence-electron chi connectivity index (χ1n) is 6.13. The Bertz CT molecular complexity index is 809. The molecule has 2 nitrogen and oxygen atoms in total. The largest absolute Gasteiger partial charge is 0.234 e. The Balaban J connectivity index is 1.94. The first-order chi connectivity index (χ1) is 10.3. The molecule has 0 N–H and O–H groups in total. The maximum Gasteiger partial charge on any atom is 0.134 e. The Morgan fingerprint density at radius 3 is 2.67 bits per heavy atom. The highest BCUT2D eigenvalue weighted by molar-refractivity contribution is 9.10. The fourth-order valence-corrected chi connectivity index (χ4v) is 3.61. The van der Waals surface area contributed by atoms with Crippen molar-refractivity contribution >= 4 is 50.3 Å². The van der Waals surface area contributed by atoms with E-state index in [1.165, 1.54) is 11.3 Å². The molecule has 2 aromatic heterocycles. The van der Waals surface area contributed by atoms with Gasteiger partial charge in [0.15, 0.2) is 0 Å². The van der Waals surface area contributed by atoms with E-state index in [2.05, 4.69) is 27.0 Å². The second-order valence-electron chi connectivity index (χ2n) is 4.24. The molecule has 0 bridgehead atoms. The number of rotatable bonds is 3. The minimum atomic E-state index is 0.588. The SMILES string of the molecule is N#C/C(=C/c1ccc(Br)cc1)c1nc(-c2cccs2)cs1. The van der Waals surface area contributed by atoms with Crippen LogP contribution >= 0.6 is 38.6 Å². The van der Waals surface area contributed by atoms with E-state index in [1.807, 2.05) is 53.2 Å². The van der Waals surface area contributed by atoms with Crippen LogP contribution in [-0.2, 0) is 0 Å². The monoisotopic (exact) mass is 372 g/mol. The number of nitriles is 1. The van der Waals surface area contributed by atoms with Crippen molar-refractivity contribution in [2.24, 2.45) is 0 Å². The Hall–Kier alpha value is -1.74. The van der Waals surface area contributed by atoms with Gasteiger partial charge < -0.3 is 0 Å². The maximum atomic E-state index is 9.38. The van der Waals surface area contributed by atoms with Crippen molar-refractivity contribution in [1.82, 2.24) is 4.98 Å². The second kappa shape index (κ2) is 6.35. The molecule has 2 heterocycles. The van der Waals surface area contributed by atoms with Gasteiger partial charge in [-0.25, -0.2) is 4.98 Å². The first kappa shape index (κ1) is 14.2. The van der Waals surface area contributed by atoms with Gasteiger partial charge in [0.2, 0.25) is 0 Å². The van der Waals surface area contributed by atoms with Crippen LogP contribution in [0.5, 0.6) is 0 Å². The number of aromatic nitrogens is 1. The van der Waals surface area contributed by atoms with Crippen molar-refractivity contribution in [1.29, 1.82) is 5.26 Å². The van der Waals surface area contributed by atoms with Gasteiger partial charge in [0, 0.05) is 9.85 Å². The zero-order chi connectivity index (χ0) is 14.7. The summed E-state index contributed by atoms with van der Waals surface area (Å²) in [6.07, 6.45) is 1.86. The molecule has 3 rings (SSSR count). The minimum Gasteiger partial charge on any atom is -0.234 e. The lowest BCUT2D eigenvalue weighted by molar-refractivity contribution is 1.38. The van der Waals surface area contributed by atoms with E-state index in [4.69, 9.17) is 0 Å². The molecule has 0 aliphatic carbocycles. The third-order valence-electron chi connectivity index (χ3n) is 2.81. The number of thiazole rings is 1. The summed E-state index contributed by atoms with van der Waals surface area (Å²) >= 11 is 6.55. The normalized spacial score (nSPS) is 11.3. The van der Waals surface area contributed by atoms with E-state index in [1.54, 1.807) is 11.3 Å². The van der Waals surface area contributed by atoms with Crippen LogP contribution in [0.4, 0.5) is 0 Å². The van der Waals surface area contributed by atoms with Crippen LogP contribution in [-0.4, -0.2) is 4.98 Å². The second-order valence-corrected chi connectivity index (χ2v) is 6.96. The van der Waals surface area contributed by atoms with E-state index < -0.39 is 0 Å². The molecule has 102 valence electrons. The van der Waals surface area contributed by atoms with Crippen molar-refractivity contribution < 1.29 is 0 Å². The van der Waals surface area contributed by atoms with Gasteiger partial charge in [-0.15, -0.1) is 22.7 Å². The molecule has 21 heavy (non-hydrogen) atoms. The minimum absolute atomic E-state index is 0.588. The van der Waals surface area contributed by atoms with Gasteiger partial charge in [-0.3, -0.25) is 0 Å². The summed E-state index contributed by atoms with van der Waals surface area (Å²) in [6.45, 7) is 0. The van der Waals surface area contributed by atoms with E-state index in [0.29, 0.717) is 5.57 Å². The molecule has 0 radical (unpaired) electrons. The fourth-order valence-electron chi connectivity index (χ4n) is 1.80. The fraction of sp³-hybridized carbons (Fsp3) is 0. The Kier molecular flexibility index (Phi) is 4.30. The quantitative estimate of drug-likeness (QED) is 0.553. The predicted octanol–water partition coefficient (Wildman–Crippen LogP) is 5.70. The standard InChI is InChI=1S/C16H9BrN2S2/c17-13-5-3-11(4-6-13)8-12(9-18)16-19-14(10-21-16)15-2-1-7-20-15/h1-8,10H/b12-8-. The molecular formula is C16H9BrN2S2. The number of thiophene rings is 1. The molecule has 0 atom stereocenters. The zero-order valence-corrected chi connectivity index (χ0v) is 14.0. The van der Waals surface area contributed by atoms with Crippen LogP contribution in [0.1, 0.15) is 10.6 Å². The number of hydrogen-bond acceptors (Lipinski definition) is 4. The lowest BCUT2D eigenvalue weighted by Gasteiger charge is -1.96. The lowest BCUT2D eigenvalue weighted by atomic mass is 10.1. The van der Waals surface area contributed by atoms with E-state index in [0.717, 1.165) is 25.6 Å². The number of halogens is 1. The summed E-state index contributed by atoms with van der Waals surface area (Å²) in [4.78, 5) is 5.69. The summed E-state index contributed by atoms with van der Waals surface area (Å²) in [6, 6.07) is 14.1. The zero-order valence-electron chi connectivity index (χ0n) is 10.8. The summed E-state index contributed by atoms with van der Waals surface area (Å²) in [7, 11) is 0. The molecule has 0 amide bonds. The van der Waals surface area contributed by atoms with E-state index >= 15 is 0 Å². The van der Waals surface area contributed by atoms with Gasteiger partial charge in [0.1, 0.15) is 11.1 Å². The Morgan fingerprint density at radius 1 is 1.19 bits per heavy atom. The van der Waals surface area contributed by atoms with Gasteiger partial charge in [-0.05, 0) is 35.2 Å². The van der Waals surface area contributed by atoms with Gasteiger partial charge in [0.25, 0.3) is 0 Å². The van der Waals surface area contributed by atoms with E-state index in [-0.39, 0.29) is 0 Å². The van der Waals surface area contributed by atoms with Crippen LogP contribution in [0.2, 0.25) is 0 Å². The van der Waals surface area contributed by atoms with Gasteiger partial charge in [0.05, 0.1) is 16.1 Å². The highest BCUT2D eigenvalue weighted by Gasteiger charge is 2.09. The molecule has 3 aromatic rings. The third kappa shape index (κ3) is 3.30. The maximum absolute atomic E-state index is 9.38. The van der Waals surface area contributed by atoms with Crippen LogP contribution in [0.15, 0.2) is 51.6 Å². The molecule has 0 spiro atoms. The predicted molar refractivity (Wildman–Crippen MR) is 93.1 cm³/mol. The topological polar surface area (TPSA) is 36.7 Å². The highest BCUT2D eigenvalue weighted by atomic mass is 79.9. The van der Waals surface area contributed by atoms with Crippen molar-refractivity contribution in [2.75, 3.05) is 0 Å². The smallest absolute Gasteiger partial charge is 0.134 e. The number of benzene rings is 1. The first-order valence-corrected chi connectivity index (χ1v) is 8.68. The molecule has 1 aromatic carbocycles. The summed E-state index contributed by atoms with van der Waals surface area (Å²) in [5, 5.41) is 14.1. The van der Waals surface area contributed by atoms with E-state index in [9.17, 15) is 5.26 Å². The lowest BCUT2D eigenvalue weighted by Crippen LogP contribution is -1.81. The Morgan fingerprint density at radius 2 is 2.00 bits per heavy atom. The number of hydrogen-bond donors (Lipinski definition) is 0. The van der Waals surface area contributed by atoms with Crippen molar-refractivity contribution in [3.8, 4) is 16.6 Å². The van der Waals surface area contributed by atoms with Crippen LogP contribution in [0.3, 0.4) is 0 Å². The van der Waals surface area contributed by atoms with Crippen molar-refractivity contribution in [2.45, 2.75) is 0 Å². The van der Waals surface area contributed by atoms with Crippen LogP contribution in [0, 0.1) is 11.3 Å². The van der Waals surface area contributed by atoms with Gasteiger partial charge in [-0.2, -0.15) is 5.26 Å². The van der Waals surface area contributed by atoms with Crippen molar-refractivity contribution in [3.63, 3.8) is 0 Å². The summed E-state index contributed by atoms with van der Waals surface area (Å²) < 4.78 is 1.02. The average molecular weight is 373 g/mol. The molecule has 0 fully saturated rings. The molecule has 5 heteroatoms. The summed E-state index contributed by atoms with van der Waals surface area (Å²) in [5.41, 5.74) is 2.51. The summed E-state index contributed by atoms with van der Waals surface area (Å²) in [5.74, 6) is 0. The molecule has 0 aliphatic rings. The number of allylic oxidation sites excluding steroid dienone is 1. The molecular weight excluding hydrogens is 364 g/mol. The van der Waals surface area contributed by atoms with Crippen LogP contribution in [0.25, 0.3) is 22.2 Å². The van der Waals surface area contributed by atoms with Gasteiger partial charge >= 0.3 is 0 Å². The van der Waals surface area contributed by atoms with Gasteiger partial charge in [-0.1, -0.05) is 34.1 Å². The number of nitrogens with zero attached hydrogens (tertiary/aromatic N) is 2. The highest BCUT2D eigenvalue weighted by Crippen LogP contribution is 2.29.